The van der Waals surface area contributed by atoms with Gasteiger partial charge in [-0.15, -0.1) is 0 Å². The summed E-state index contributed by atoms with van der Waals surface area (Å²) in [6.45, 7) is 4.05. The zero-order valence-electron chi connectivity index (χ0n) is 24.4. The Hall–Kier alpha value is -4.32. The third-order valence-electron chi connectivity index (χ3n) is 7.21. The van der Waals surface area contributed by atoms with Crippen molar-refractivity contribution in [2.45, 2.75) is 31.7 Å². The van der Waals surface area contributed by atoms with Crippen LogP contribution in [0.25, 0.3) is 11.5 Å². The number of aromatic nitrogens is 5. The number of nitrogens with zero attached hydrogens (tertiary/aromatic N) is 6. The molecule has 0 amide bonds. The van der Waals surface area contributed by atoms with Gasteiger partial charge in [0.1, 0.15) is 23.8 Å². The van der Waals surface area contributed by atoms with Crippen molar-refractivity contribution in [3.8, 4) is 11.5 Å². The van der Waals surface area contributed by atoms with Crippen LogP contribution in [0.4, 0.5) is 36.7 Å². The van der Waals surface area contributed by atoms with E-state index < -0.39 is 31.5 Å². The molecular weight excluding hydrogens is 596 g/mol. The lowest BCUT2D eigenvalue weighted by atomic mass is 9.80. The van der Waals surface area contributed by atoms with Gasteiger partial charge in [-0.2, -0.15) is 23.1 Å². The van der Waals surface area contributed by atoms with Crippen LogP contribution in [0.2, 0.25) is 0 Å². The number of hydrogen-bond donors (Lipinski definition) is 3. The maximum atomic E-state index is 12.8. The van der Waals surface area contributed by atoms with Gasteiger partial charge in [-0.05, 0) is 30.6 Å². The second-order valence-corrected chi connectivity index (χ2v) is 10.9. The molecule has 1 fully saturated rings. The summed E-state index contributed by atoms with van der Waals surface area (Å²) < 4.78 is 60.1. The molecule has 4 aromatic rings. The molecule has 3 N–H and O–H groups in total. The Morgan fingerprint density at radius 3 is 2.60 bits per heavy atom. The Kier molecular flexibility index (Phi) is 8.59. The van der Waals surface area contributed by atoms with Crippen LogP contribution in [0.1, 0.15) is 31.1 Å². The highest BCUT2D eigenvalue weighted by Gasteiger charge is 2.46. The molecule has 5 heterocycles. The van der Waals surface area contributed by atoms with Gasteiger partial charge in [-0.1, -0.05) is 36.4 Å². The monoisotopic (exact) mass is 626 g/mol. The number of hydrogen-bond acceptors (Lipinski definition) is 13. The van der Waals surface area contributed by atoms with E-state index in [0.29, 0.717) is 60.6 Å². The van der Waals surface area contributed by atoms with Crippen molar-refractivity contribution in [1.82, 2.24) is 25.1 Å². The summed E-state index contributed by atoms with van der Waals surface area (Å²) in [5, 5.41) is 20.7. The molecule has 236 valence electrons. The maximum absolute atomic E-state index is 12.8. The van der Waals surface area contributed by atoms with E-state index in [9.17, 15) is 18.3 Å². The zero-order valence-corrected chi connectivity index (χ0v) is 24.4. The Morgan fingerprint density at radius 1 is 1.09 bits per heavy atom. The first kappa shape index (κ1) is 30.7. The molecule has 13 nitrogen and oxygen atoms in total. The van der Waals surface area contributed by atoms with Crippen LogP contribution < -0.4 is 21.0 Å². The van der Waals surface area contributed by atoms with Crippen molar-refractivity contribution >= 4 is 36.1 Å². The normalized spacial score (nSPS) is 16.8. The molecule has 2 aliphatic heterocycles. The predicted octanol–water partition coefficient (Wildman–Crippen LogP) is 3.19. The molecule has 0 aliphatic carbocycles. The molecule has 1 saturated heterocycles. The van der Waals surface area contributed by atoms with Crippen molar-refractivity contribution < 1.29 is 36.8 Å². The second-order valence-electron chi connectivity index (χ2n) is 10.9. The lowest BCUT2D eigenvalue weighted by Gasteiger charge is -2.24. The fourth-order valence-electron chi connectivity index (χ4n) is 5.02. The topological polar surface area (TPSA) is 153 Å². The van der Waals surface area contributed by atoms with Gasteiger partial charge in [-0.3, -0.25) is 0 Å². The first-order valence-corrected chi connectivity index (χ1v) is 14.2. The number of ether oxygens (including phenoxy) is 1. The quantitative estimate of drug-likeness (QED) is 0.221. The summed E-state index contributed by atoms with van der Waals surface area (Å²) in [5.74, 6) is 1.36. The number of fused-ring (bicyclic) bond motifs is 1. The summed E-state index contributed by atoms with van der Waals surface area (Å²) in [4.78, 5) is 20.2. The van der Waals surface area contributed by atoms with Gasteiger partial charge in [0.15, 0.2) is 0 Å². The molecule has 1 aromatic carbocycles. The maximum Gasteiger partial charge on any atom is 0.496 e. The first-order chi connectivity index (χ1) is 21.6. The number of morpholine rings is 1. The molecule has 0 radical (unpaired) electrons. The van der Waals surface area contributed by atoms with Gasteiger partial charge >= 0.3 is 13.3 Å². The number of aliphatic hydroxyl groups is 1. The van der Waals surface area contributed by atoms with Gasteiger partial charge in [0, 0.05) is 24.7 Å². The Balaban J connectivity index is 1.29. The average Bonchev–Trinajstić information content (AvgIpc) is 3.62. The fraction of sp³-hybridized carbons (Fsp3) is 0.393. The van der Waals surface area contributed by atoms with Gasteiger partial charge in [0.05, 0.1) is 37.2 Å². The number of alkyl halides is 3. The van der Waals surface area contributed by atoms with Crippen molar-refractivity contribution in [2.24, 2.45) is 0 Å². The highest BCUT2D eigenvalue weighted by atomic mass is 19.4. The zero-order chi connectivity index (χ0) is 31.6. The van der Waals surface area contributed by atoms with Gasteiger partial charge in [0.25, 0.3) is 11.8 Å². The van der Waals surface area contributed by atoms with E-state index >= 15 is 0 Å². The number of anilines is 4. The van der Waals surface area contributed by atoms with Gasteiger partial charge < -0.3 is 39.2 Å². The van der Waals surface area contributed by atoms with E-state index in [0.717, 1.165) is 5.56 Å². The summed E-state index contributed by atoms with van der Waals surface area (Å²) >= 11 is 0. The van der Waals surface area contributed by atoms with Gasteiger partial charge in [0.2, 0.25) is 5.95 Å². The largest absolute Gasteiger partial charge is 0.496 e. The minimum Gasteiger partial charge on any atom is -0.398 e. The number of pyridine rings is 1. The summed E-state index contributed by atoms with van der Waals surface area (Å²) in [6, 6.07) is 12.0. The molecule has 0 spiro atoms. The Labute approximate surface area is 256 Å². The van der Waals surface area contributed by atoms with E-state index in [2.05, 4.69) is 35.7 Å². The molecule has 3 aromatic heterocycles. The Morgan fingerprint density at radius 2 is 1.87 bits per heavy atom. The first-order valence-electron chi connectivity index (χ1n) is 14.2. The third-order valence-corrected chi connectivity index (χ3v) is 7.21. The van der Waals surface area contributed by atoms with E-state index in [4.69, 9.17) is 18.6 Å². The van der Waals surface area contributed by atoms with Crippen LogP contribution >= 0.6 is 0 Å². The van der Waals surface area contributed by atoms with Crippen molar-refractivity contribution in [1.29, 1.82) is 0 Å². The van der Waals surface area contributed by atoms with Crippen molar-refractivity contribution in [3.63, 3.8) is 0 Å². The number of aliphatic hydroxyl groups excluding tert-OH is 1. The summed E-state index contributed by atoms with van der Waals surface area (Å²) in [5.41, 5.74) is 1.03. The Bertz CT molecular complexity index is 1620. The number of halogens is 3. The molecule has 2 aliphatic rings. The van der Waals surface area contributed by atoms with Crippen molar-refractivity contribution in [2.75, 3.05) is 55.1 Å². The molecule has 6 rings (SSSR count). The number of nitrogens with one attached hydrogen (secondary N) is 2. The molecule has 0 saturated carbocycles. The van der Waals surface area contributed by atoms with Crippen LogP contribution in [0.15, 0.2) is 53.2 Å². The van der Waals surface area contributed by atoms with Crippen LogP contribution in [-0.2, 0) is 19.6 Å². The third kappa shape index (κ3) is 7.01. The molecular formula is C28H30BF3N8O5. The highest BCUT2D eigenvalue weighted by molar-refractivity contribution is 6.63. The van der Waals surface area contributed by atoms with Crippen LogP contribution in [-0.4, -0.2) is 83.0 Å². The molecule has 17 heteroatoms. The molecule has 45 heavy (non-hydrogen) atoms. The lowest BCUT2D eigenvalue weighted by Crippen LogP contribution is -2.36. The average molecular weight is 626 g/mol. The standard InChI is InChI=1S/C28H30BF3N8O5/c1-27(2)22-19(29(45-27)43-16-28(30,31)32)8-9-21(35-22)36-25-33-14-18(24-38-26(39-44-24)40-10-12-42-13-11-40)23(37-25)34-20(15-41)17-6-4-3-5-7-17/h3-9,14,20,41H,10-13,15-16H2,1-2H3,(H2,33,34,35,36,37)/t20-/m1/s1. The van der Waals surface area contributed by atoms with Crippen LogP contribution in [0, 0.1) is 0 Å². The number of benzene rings is 1. The van der Waals surface area contributed by atoms with Crippen LogP contribution in [0.5, 0.6) is 0 Å². The minimum absolute atomic E-state index is 0.146. The SMILES string of the molecule is CC1(C)OB(OCC(F)(F)F)c2ccc(Nc3ncc(-c4nc(N5CCOCC5)no4)c(N[C@H](CO)c4ccccc4)n3)nc21. The van der Waals surface area contributed by atoms with E-state index in [1.165, 1.54) is 6.20 Å². The fourth-order valence-corrected chi connectivity index (χ4v) is 5.02. The number of rotatable bonds is 10. The van der Waals surface area contributed by atoms with E-state index in [1.807, 2.05) is 35.2 Å². The summed E-state index contributed by atoms with van der Waals surface area (Å²) in [6.07, 6.45) is -2.99. The van der Waals surface area contributed by atoms with Crippen molar-refractivity contribution in [3.05, 3.63) is 59.9 Å². The van der Waals surface area contributed by atoms with Crippen LogP contribution in [0.3, 0.4) is 0 Å². The predicted molar refractivity (Wildman–Crippen MR) is 157 cm³/mol. The second kappa shape index (κ2) is 12.6. The molecule has 1 atom stereocenters. The smallest absolute Gasteiger partial charge is 0.398 e. The minimum atomic E-state index is -4.50. The highest BCUT2D eigenvalue weighted by Crippen LogP contribution is 2.33. The van der Waals surface area contributed by atoms with Gasteiger partial charge in [-0.25, -0.2) is 9.97 Å². The lowest BCUT2D eigenvalue weighted by molar-refractivity contribution is -0.157. The van der Waals surface area contributed by atoms with E-state index in [1.54, 1.807) is 26.0 Å². The molecule has 0 bridgehead atoms. The molecule has 0 unspecified atom stereocenters. The summed E-state index contributed by atoms with van der Waals surface area (Å²) in [7, 11) is -1.21. The van der Waals surface area contributed by atoms with E-state index in [-0.39, 0.29) is 18.4 Å².